The lowest BCUT2D eigenvalue weighted by molar-refractivity contribution is 0.0951. The summed E-state index contributed by atoms with van der Waals surface area (Å²) in [5.74, 6) is -0.152. The highest BCUT2D eigenvalue weighted by Crippen LogP contribution is 2.13. The molecule has 1 amide bonds. The Morgan fingerprint density at radius 3 is 3.00 bits per heavy atom. The third-order valence-electron chi connectivity index (χ3n) is 2.63. The summed E-state index contributed by atoms with van der Waals surface area (Å²) in [6.07, 6.45) is 7.50. The van der Waals surface area contributed by atoms with Gasteiger partial charge in [-0.25, -0.2) is 4.98 Å². The summed E-state index contributed by atoms with van der Waals surface area (Å²) >= 11 is 0. The van der Waals surface area contributed by atoms with Gasteiger partial charge in [0.2, 0.25) is 0 Å². The van der Waals surface area contributed by atoms with Gasteiger partial charge in [0.25, 0.3) is 5.91 Å². The quantitative estimate of drug-likeness (QED) is 0.735. The maximum absolute atomic E-state index is 12.1. The maximum Gasteiger partial charge on any atom is 0.255 e. The maximum atomic E-state index is 12.1. The molecule has 6 heteroatoms. The van der Waals surface area contributed by atoms with Crippen molar-refractivity contribution < 1.29 is 4.79 Å². The molecular weight excluding hydrogens is 242 g/mol. The number of H-pyrrole nitrogens is 1. The van der Waals surface area contributed by atoms with Gasteiger partial charge in [-0.2, -0.15) is 0 Å². The second-order valence-electron chi connectivity index (χ2n) is 4.11. The Hall–Kier alpha value is -2.37. The molecule has 2 rings (SSSR count). The molecule has 0 unspecified atom stereocenters. The molecule has 0 bridgehead atoms. The molecule has 0 aliphatic heterocycles. The summed E-state index contributed by atoms with van der Waals surface area (Å²) in [6.45, 7) is 3.32. The number of carbonyl (C=O) groups excluding carboxylic acids is 1. The molecule has 2 heterocycles. The van der Waals surface area contributed by atoms with Gasteiger partial charge >= 0.3 is 0 Å². The molecule has 2 aromatic rings. The molecule has 100 valence electrons. The first-order valence-corrected chi connectivity index (χ1v) is 6.24. The number of anilines is 1. The number of amides is 1. The van der Waals surface area contributed by atoms with Crippen LogP contribution in [0.5, 0.6) is 0 Å². The molecule has 0 atom stereocenters. The molecule has 2 aromatic heterocycles. The Labute approximate surface area is 111 Å². The van der Waals surface area contributed by atoms with Gasteiger partial charge < -0.3 is 15.6 Å². The van der Waals surface area contributed by atoms with Crippen LogP contribution < -0.4 is 10.6 Å². The van der Waals surface area contributed by atoms with E-state index >= 15 is 0 Å². The summed E-state index contributed by atoms with van der Waals surface area (Å²) < 4.78 is 0. The number of hydrogen-bond donors (Lipinski definition) is 3. The predicted molar refractivity (Wildman–Crippen MR) is 72.8 cm³/mol. The highest BCUT2D eigenvalue weighted by Gasteiger charge is 2.11. The van der Waals surface area contributed by atoms with Crippen molar-refractivity contribution in [2.24, 2.45) is 0 Å². The number of aromatic amines is 1. The first-order valence-electron chi connectivity index (χ1n) is 6.24. The predicted octanol–water partition coefficient (Wildman–Crippen LogP) is 1.56. The van der Waals surface area contributed by atoms with Crippen LogP contribution in [0.1, 0.15) is 29.4 Å². The summed E-state index contributed by atoms with van der Waals surface area (Å²) in [5.41, 5.74) is 2.22. The average molecular weight is 259 g/mol. The third-order valence-corrected chi connectivity index (χ3v) is 2.63. The lowest BCUT2D eigenvalue weighted by Gasteiger charge is -2.10. The van der Waals surface area contributed by atoms with Gasteiger partial charge in [-0.15, -0.1) is 0 Å². The minimum absolute atomic E-state index is 0.152. The smallest absolute Gasteiger partial charge is 0.255 e. The normalized spacial score (nSPS) is 10.2. The fraction of sp³-hybridized carbons (Fsp3) is 0.308. The zero-order chi connectivity index (χ0) is 13.5. The Morgan fingerprint density at radius 1 is 1.37 bits per heavy atom. The van der Waals surface area contributed by atoms with Crippen LogP contribution in [-0.2, 0) is 6.54 Å². The van der Waals surface area contributed by atoms with Crippen molar-refractivity contribution >= 4 is 11.6 Å². The molecule has 0 aliphatic rings. The van der Waals surface area contributed by atoms with Crippen molar-refractivity contribution in [2.45, 2.75) is 19.9 Å². The van der Waals surface area contributed by atoms with Crippen LogP contribution in [0.25, 0.3) is 0 Å². The fourth-order valence-corrected chi connectivity index (χ4v) is 1.64. The van der Waals surface area contributed by atoms with Gasteiger partial charge in [-0.05, 0) is 12.5 Å². The van der Waals surface area contributed by atoms with Gasteiger partial charge in [0.05, 0.1) is 29.8 Å². The lowest BCUT2D eigenvalue weighted by atomic mass is 10.2. The van der Waals surface area contributed by atoms with Crippen LogP contribution in [0.3, 0.4) is 0 Å². The van der Waals surface area contributed by atoms with E-state index < -0.39 is 0 Å². The number of nitrogens with one attached hydrogen (secondary N) is 3. The average Bonchev–Trinajstić information content (AvgIpc) is 2.96. The van der Waals surface area contributed by atoms with Crippen LogP contribution in [-0.4, -0.2) is 27.4 Å². The summed E-state index contributed by atoms with van der Waals surface area (Å²) in [4.78, 5) is 22.9. The van der Waals surface area contributed by atoms with Crippen molar-refractivity contribution in [3.8, 4) is 0 Å². The van der Waals surface area contributed by atoms with Crippen LogP contribution in [0.4, 0.5) is 5.69 Å². The van der Waals surface area contributed by atoms with Crippen molar-refractivity contribution in [3.05, 3.63) is 42.2 Å². The van der Waals surface area contributed by atoms with E-state index in [9.17, 15) is 4.79 Å². The highest BCUT2D eigenvalue weighted by molar-refractivity contribution is 5.99. The van der Waals surface area contributed by atoms with Crippen LogP contribution >= 0.6 is 0 Å². The monoisotopic (exact) mass is 259 g/mol. The molecule has 6 nitrogen and oxygen atoms in total. The minimum atomic E-state index is -0.152. The van der Waals surface area contributed by atoms with E-state index in [0.29, 0.717) is 12.1 Å². The van der Waals surface area contributed by atoms with E-state index in [2.05, 4.69) is 32.5 Å². The molecule has 0 aliphatic carbocycles. The van der Waals surface area contributed by atoms with Crippen molar-refractivity contribution in [3.63, 3.8) is 0 Å². The number of hydrogen-bond acceptors (Lipinski definition) is 4. The standard InChI is InChI=1S/C13H17N5O/c1-2-4-16-12-3-5-14-8-11(12)13(19)17-7-10-6-15-9-18-10/h3,5-6,8-9H,2,4,7H2,1H3,(H,14,16)(H,15,18)(H,17,19). The highest BCUT2D eigenvalue weighted by atomic mass is 16.1. The fourth-order valence-electron chi connectivity index (χ4n) is 1.64. The van der Waals surface area contributed by atoms with E-state index in [1.807, 2.05) is 0 Å². The molecule has 0 saturated carbocycles. The Bertz CT molecular complexity index is 524. The number of pyridine rings is 1. The summed E-state index contributed by atoms with van der Waals surface area (Å²) in [7, 11) is 0. The van der Waals surface area contributed by atoms with Gasteiger partial charge in [0.1, 0.15) is 0 Å². The number of nitrogens with zero attached hydrogens (tertiary/aromatic N) is 2. The summed E-state index contributed by atoms with van der Waals surface area (Å²) in [6, 6.07) is 1.81. The zero-order valence-corrected chi connectivity index (χ0v) is 10.8. The molecule has 0 spiro atoms. The second-order valence-corrected chi connectivity index (χ2v) is 4.11. The second kappa shape index (κ2) is 6.53. The molecule has 0 radical (unpaired) electrons. The molecular formula is C13H17N5O. The number of carbonyl (C=O) groups is 1. The van der Waals surface area contributed by atoms with Gasteiger partial charge in [0.15, 0.2) is 0 Å². The minimum Gasteiger partial charge on any atom is -0.384 e. The van der Waals surface area contributed by atoms with Gasteiger partial charge in [0, 0.05) is 25.1 Å². The topological polar surface area (TPSA) is 82.7 Å². The van der Waals surface area contributed by atoms with E-state index in [1.54, 1.807) is 31.0 Å². The third kappa shape index (κ3) is 3.54. The number of rotatable bonds is 6. The van der Waals surface area contributed by atoms with Crippen molar-refractivity contribution in [1.29, 1.82) is 0 Å². The first-order chi connectivity index (χ1) is 9.31. The van der Waals surface area contributed by atoms with E-state index in [-0.39, 0.29) is 5.91 Å². The Kier molecular flexibility index (Phi) is 4.49. The Morgan fingerprint density at radius 2 is 2.26 bits per heavy atom. The SMILES string of the molecule is CCCNc1ccncc1C(=O)NCc1cnc[nH]1. The van der Waals surface area contributed by atoms with Crippen molar-refractivity contribution in [1.82, 2.24) is 20.3 Å². The number of imidazole rings is 1. The summed E-state index contributed by atoms with van der Waals surface area (Å²) in [5, 5.41) is 6.04. The van der Waals surface area contributed by atoms with Gasteiger partial charge in [-0.3, -0.25) is 9.78 Å². The lowest BCUT2D eigenvalue weighted by Crippen LogP contribution is -2.24. The molecule has 0 saturated heterocycles. The molecule has 3 N–H and O–H groups in total. The zero-order valence-electron chi connectivity index (χ0n) is 10.8. The van der Waals surface area contributed by atoms with E-state index in [1.165, 1.54) is 0 Å². The van der Waals surface area contributed by atoms with Gasteiger partial charge in [-0.1, -0.05) is 6.92 Å². The Balaban J connectivity index is 2.01. The number of aromatic nitrogens is 3. The van der Waals surface area contributed by atoms with Crippen LogP contribution in [0.2, 0.25) is 0 Å². The van der Waals surface area contributed by atoms with Crippen molar-refractivity contribution in [2.75, 3.05) is 11.9 Å². The van der Waals surface area contributed by atoms with Crippen LogP contribution in [0.15, 0.2) is 31.0 Å². The molecule has 19 heavy (non-hydrogen) atoms. The van der Waals surface area contributed by atoms with E-state index in [0.717, 1.165) is 24.3 Å². The first kappa shape index (κ1) is 13.1. The largest absolute Gasteiger partial charge is 0.384 e. The van der Waals surface area contributed by atoms with E-state index in [4.69, 9.17) is 0 Å². The molecule has 0 aromatic carbocycles. The van der Waals surface area contributed by atoms with Crippen LogP contribution in [0, 0.1) is 0 Å². The molecule has 0 fully saturated rings.